The van der Waals surface area contributed by atoms with Gasteiger partial charge in [-0.05, 0) is 26.0 Å². The summed E-state index contributed by atoms with van der Waals surface area (Å²) in [5.74, 6) is -0.465. The Morgan fingerprint density at radius 3 is 3.06 bits per heavy atom. The van der Waals surface area contributed by atoms with Gasteiger partial charge in [0.15, 0.2) is 11.2 Å². The summed E-state index contributed by atoms with van der Waals surface area (Å²) < 4.78 is 17.5. The van der Waals surface area contributed by atoms with Crippen LogP contribution in [0.4, 0.5) is 0 Å². The molecule has 0 aliphatic carbocycles. The molecule has 4 bridgehead atoms. The molecule has 0 radical (unpaired) electrons. The van der Waals surface area contributed by atoms with Gasteiger partial charge in [-0.3, -0.25) is 4.79 Å². The minimum Gasteiger partial charge on any atom is -0.448 e. The van der Waals surface area contributed by atoms with E-state index in [0.29, 0.717) is 6.61 Å². The molecule has 0 amide bonds. The van der Waals surface area contributed by atoms with Crippen molar-refractivity contribution in [1.82, 2.24) is 0 Å². The second kappa shape index (κ2) is 2.65. The number of ether oxygens (including phenoxy) is 3. The first kappa shape index (κ1) is 9.85. The normalized spacial score (nSPS) is 54.4. The third kappa shape index (κ3) is 0.881. The molecule has 5 aliphatic rings. The zero-order chi connectivity index (χ0) is 11.8. The fourth-order valence-electron chi connectivity index (χ4n) is 3.60. The van der Waals surface area contributed by atoms with Crippen molar-refractivity contribution in [3.8, 4) is 0 Å². The van der Waals surface area contributed by atoms with Crippen molar-refractivity contribution >= 4 is 5.97 Å². The second-order valence-corrected chi connectivity index (χ2v) is 5.36. The van der Waals surface area contributed by atoms with Crippen LogP contribution >= 0.6 is 0 Å². The predicted octanol–water partition coefficient (Wildman–Crippen LogP) is 0.971. The summed E-state index contributed by atoms with van der Waals surface area (Å²) in [6.07, 6.45) is 5.75. The van der Waals surface area contributed by atoms with E-state index in [2.05, 4.69) is 0 Å². The highest BCUT2D eigenvalue weighted by Gasteiger charge is 2.69. The maximum atomic E-state index is 12.1. The Morgan fingerprint density at radius 2 is 2.29 bits per heavy atom. The molecule has 0 aromatic carbocycles. The smallest absolute Gasteiger partial charge is 0.317 e. The molecule has 5 aliphatic heterocycles. The molecular weight excluding hydrogens is 220 g/mol. The largest absolute Gasteiger partial charge is 0.448 e. The summed E-state index contributed by atoms with van der Waals surface area (Å²) in [5.41, 5.74) is -0.346. The Labute approximate surface area is 99.2 Å². The maximum absolute atomic E-state index is 12.1. The second-order valence-electron chi connectivity index (χ2n) is 5.36. The highest BCUT2D eigenvalue weighted by atomic mass is 16.7. The van der Waals surface area contributed by atoms with Crippen LogP contribution in [0.1, 0.15) is 13.8 Å². The molecule has 4 heteroatoms. The Kier molecular flexibility index (Phi) is 1.53. The molecule has 5 unspecified atom stereocenters. The van der Waals surface area contributed by atoms with Gasteiger partial charge in [-0.25, -0.2) is 0 Å². The number of carbonyl (C=O) groups excluding carboxylic acids is 1. The molecular formula is C13H14O4. The van der Waals surface area contributed by atoms with E-state index in [4.69, 9.17) is 14.2 Å². The molecule has 0 aromatic heterocycles. The van der Waals surface area contributed by atoms with E-state index in [1.165, 1.54) is 0 Å². The zero-order valence-electron chi connectivity index (χ0n) is 9.80. The van der Waals surface area contributed by atoms with Crippen molar-refractivity contribution in [2.24, 2.45) is 5.92 Å². The SMILES string of the molecule is CC1=CC23COC(C)C24C=CC(O4)C1C(=O)O3. The summed E-state index contributed by atoms with van der Waals surface area (Å²) in [4.78, 5) is 12.1. The quantitative estimate of drug-likeness (QED) is 0.463. The van der Waals surface area contributed by atoms with Gasteiger partial charge >= 0.3 is 5.97 Å². The lowest BCUT2D eigenvalue weighted by Gasteiger charge is -2.39. The summed E-state index contributed by atoms with van der Waals surface area (Å²) in [6.45, 7) is 4.32. The molecule has 5 heterocycles. The Hall–Kier alpha value is -1.13. The van der Waals surface area contributed by atoms with E-state index in [1.54, 1.807) is 0 Å². The molecule has 17 heavy (non-hydrogen) atoms. The molecule has 2 saturated heterocycles. The Bertz CT molecular complexity index is 480. The van der Waals surface area contributed by atoms with Crippen molar-refractivity contribution in [3.05, 3.63) is 23.8 Å². The molecule has 0 saturated carbocycles. The van der Waals surface area contributed by atoms with Crippen LogP contribution in [0.3, 0.4) is 0 Å². The van der Waals surface area contributed by atoms with Gasteiger partial charge in [0, 0.05) is 0 Å². The van der Waals surface area contributed by atoms with Crippen LogP contribution in [0, 0.1) is 5.92 Å². The van der Waals surface area contributed by atoms with Crippen LogP contribution in [-0.2, 0) is 19.0 Å². The van der Waals surface area contributed by atoms with Gasteiger partial charge in [0.25, 0.3) is 0 Å². The van der Waals surface area contributed by atoms with Gasteiger partial charge in [0.2, 0.25) is 0 Å². The summed E-state index contributed by atoms with van der Waals surface area (Å²) in [5, 5.41) is 0. The first-order valence-electron chi connectivity index (χ1n) is 5.99. The van der Waals surface area contributed by atoms with Crippen molar-refractivity contribution in [1.29, 1.82) is 0 Å². The number of carbonyl (C=O) groups is 1. The fraction of sp³-hybridized carbons (Fsp3) is 0.615. The number of esters is 1. The number of hydrogen-bond acceptors (Lipinski definition) is 4. The van der Waals surface area contributed by atoms with Crippen LogP contribution in [0.2, 0.25) is 0 Å². The van der Waals surface area contributed by atoms with Crippen molar-refractivity contribution in [2.75, 3.05) is 6.61 Å². The topological polar surface area (TPSA) is 44.8 Å². The van der Waals surface area contributed by atoms with Gasteiger partial charge in [-0.2, -0.15) is 0 Å². The van der Waals surface area contributed by atoms with Gasteiger partial charge < -0.3 is 14.2 Å². The monoisotopic (exact) mass is 234 g/mol. The molecule has 5 atom stereocenters. The lowest BCUT2D eigenvalue weighted by Crippen LogP contribution is -2.56. The maximum Gasteiger partial charge on any atom is 0.317 e. The standard InChI is InChI=1S/C13H14O4/c1-7-5-12-6-15-8(2)13(12)4-3-9(16-13)10(7)11(14)17-12/h3-5,8-10H,6H2,1-2H3. The van der Waals surface area contributed by atoms with Gasteiger partial charge in [-0.15, -0.1) is 0 Å². The van der Waals surface area contributed by atoms with E-state index in [9.17, 15) is 4.79 Å². The highest BCUT2D eigenvalue weighted by Crippen LogP contribution is 2.54. The van der Waals surface area contributed by atoms with E-state index in [0.717, 1.165) is 5.57 Å². The minimum absolute atomic E-state index is 0.0996. The predicted molar refractivity (Wildman–Crippen MR) is 58.2 cm³/mol. The first-order chi connectivity index (χ1) is 8.08. The lowest BCUT2D eigenvalue weighted by molar-refractivity contribution is -0.165. The number of rotatable bonds is 0. The van der Waals surface area contributed by atoms with E-state index >= 15 is 0 Å². The number of fused-ring (bicyclic) bond motifs is 1. The Morgan fingerprint density at radius 1 is 1.47 bits per heavy atom. The van der Waals surface area contributed by atoms with Crippen LogP contribution in [-0.4, -0.2) is 36.0 Å². The zero-order valence-corrected chi connectivity index (χ0v) is 9.80. The van der Waals surface area contributed by atoms with Gasteiger partial charge in [0.05, 0.1) is 18.8 Å². The van der Waals surface area contributed by atoms with E-state index in [1.807, 2.05) is 32.1 Å². The van der Waals surface area contributed by atoms with E-state index in [-0.39, 0.29) is 24.1 Å². The van der Waals surface area contributed by atoms with Crippen LogP contribution < -0.4 is 0 Å². The van der Waals surface area contributed by atoms with Crippen LogP contribution in [0.15, 0.2) is 23.8 Å². The average molecular weight is 234 g/mol. The molecule has 0 N–H and O–H groups in total. The van der Waals surface area contributed by atoms with Gasteiger partial charge in [0.1, 0.15) is 5.92 Å². The summed E-state index contributed by atoms with van der Waals surface area (Å²) >= 11 is 0. The minimum atomic E-state index is -0.758. The molecule has 0 aromatic rings. The van der Waals surface area contributed by atoms with Gasteiger partial charge in [-0.1, -0.05) is 11.6 Å². The van der Waals surface area contributed by atoms with Crippen LogP contribution in [0.5, 0.6) is 0 Å². The summed E-state index contributed by atoms with van der Waals surface area (Å²) in [7, 11) is 0. The van der Waals surface area contributed by atoms with Crippen molar-refractivity contribution < 1.29 is 19.0 Å². The molecule has 2 fully saturated rings. The Balaban J connectivity index is 2.01. The highest BCUT2D eigenvalue weighted by molar-refractivity contribution is 5.80. The third-order valence-electron chi connectivity index (χ3n) is 4.49. The molecule has 4 nitrogen and oxygen atoms in total. The lowest BCUT2D eigenvalue weighted by atomic mass is 9.77. The molecule has 2 spiro atoms. The fourth-order valence-corrected chi connectivity index (χ4v) is 3.60. The number of hydrogen-bond donors (Lipinski definition) is 0. The molecule has 5 rings (SSSR count). The molecule has 90 valence electrons. The van der Waals surface area contributed by atoms with Crippen molar-refractivity contribution in [2.45, 2.75) is 37.3 Å². The first-order valence-corrected chi connectivity index (χ1v) is 5.99. The van der Waals surface area contributed by atoms with Crippen LogP contribution in [0.25, 0.3) is 0 Å². The third-order valence-corrected chi connectivity index (χ3v) is 4.49. The van der Waals surface area contributed by atoms with E-state index < -0.39 is 11.2 Å². The van der Waals surface area contributed by atoms with Crippen molar-refractivity contribution in [3.63, 3.8) is 0 Å². The summed E-state index contributed by atoms with van der Waals surface area (Å²) in [6, 6.07) is 0. The average Bonchev–Trinajstić information content (AvgIpc) is 2.73.